The molecule has 20 heteroatoms. The van der Waals surface area contributed by atoms with Gasteiger partial charge in [0.1, 0.15) is 30.3 Å². The van der Waals surface area contributed by atoms with Crippen molar-refractivity contribution in [3.05, 3.63) is 58.3 Å². The number of thioether (sulfide) groups is 2. The number of fused-ring (bicyclic) bond motifs is 1. The Morgan fingerprint density at radius 3 is 1.70 bits per heavy atom. The molecule has 0 bridgehead atoms. The summed E-state index contributed by atoms with van der Waals surface area (Å²) in [6.07, 6.45) is 11.7. The van der Waals surface area contributed by atoms with Gasteiger partial charge in [-0.2, -0.15) is 0 Å². The van der Waals surface area contributed by atoms with Crippen molar-refractivity contribution in [1.29, 1.82) is 0 Å². The molecule has 1 N–H and O–H groups in total. The standard InChI is InChI=1S/C56H73NO17S2/c1-6-46(58)68-31-8-7-30-67-41-21-15-38(16-22-41)51(60)71-42-23-17-39(18-24-42)52(61)73-44-27-28-45(50-49(44)75-56(76-50)47(57-5)54(63)70-34(2)3)74-53(62)40-19-25-43(26-20-40)72-55(64)48(59)37-13-11-36(12-14-37)35(4)10-9-29-66-32-33-69-65/h6,27-28,34,36-43,65H,1,4,7-26,29-33H2,2-3H3/b56-47-. The van der Waals surface area contributed by atoms with Gasteiger partial charge < -0.3 is 37.9 Å². The number of carbonyl (C=O) groups excluding carboxylic acids is 7. The summed E-state index contributed by atoms with van der Waals surface area (Å²) >= 11 is 2.10. The van der Waals surface area contributed by atoms with Crippen LogP contribution in [0.15, 0.2) is 56.7 Å². The van der Waals surface area contributed by atoms with Crippen molar-refractivity contribution in [2.24, 2.45) is 29.6 Å². The third-order valence-electron chi connectivity index (χ3n) is 14.6. The molecule has 0 aromatic heterocycles. The van der Waals surface area contributed by atoms with E-state index in [2.05, 4.69) is 22.9 Å². The first-order chi connectivity index (χ1) is 36.7. The Labute approximate surface area is 453 Å². The number of carbonyl (C=O) groups is 7. The Balaban J connectivity index is 0.966. The van der Waals surface area contributed by atoms with Crippen LogP contribution in [-0.4, -0.2) is 104 Å². The SMILES string of the molecule is [C-]#[N+]/C(C(=O)OC(C)C)=C1\Sc2c(OC(=O)C3CCC(OC(=O)C(=O)C4CCC(C(=C)CCCOCCOO)CC4)CC3)ccc(OC(=O)C3CCC(OC(=O)C4CCC(OCCCCOC(=O)C=C)CC4)CC3)c2S1. The van der Waals surface area contributed by atoms with Gasteiger partial charge in [0.15, 0.2) is 0 Å². The highest BCUT2D eigenvalue weighted by Gasteiger charge is 2.39. The van der Waals surface area contributed by atoms with Crippen LogP contribution in [0.1, 0.15) is 142 Å². The van der Waals surface area contributed by atoms with Crippen LogP contribution in [0.4, 0.5) is 0 Å². The summed E-state index contributed by atoms with van der Waals surface area (Å²) in [5.74, 6) is -4.85. The van der Waals surface area contributed by atoms with Crippen molar-refractivity contribution in [2.45, 2.75) is 176 Å². The van der Waals surface area contributed by atoms with E-state index in [9.17, 15) is 33.6 Å². The fourth-order valence-electron chi connectivity index (χ4n) is 10.2. The minimum Gasteiger partial charge on any atom is -0.468 e. The van der Waals surface area contributed by atoms with Crippen LogP contribution < -0.4 is 9.47 Å². The van der Waals surface area contributed by atoms with Crippen LogP contribution in [0, 0.1) is 36.2 Å². The quantitative estimate of drug-likeness (QED) is 0.00869. The van der Waals surface area contributed by atoms with E-state index < -0.39 is 65.6 Å². The van der Waals surface area contributed by atoms with Crippen LogP contribution in [0.25, 0.3) is 4.85 Å². The number of Topliss-reactive ketones (excluding diaryl/α,β-unsaturated/α-hetero) is 1. The molecule has 6 rings (SSSR count). The highest BCUT2D eigenvalue weighted by atomic mass is 32.2. The van der Waals surface area contributed by atoms with E-state index in [0.29, 0.717) is 120 Å². The van der Waals surface area contributed by atoms with Gasteiger partial charge in [-0.05, 0) is 160 Å². The van der Waals surface area contributed by atoms with Crippen molar-refractivity contribution in [3.63, 3.8) is 0 Å². The van der Waals surface area contributed by atoms with Gasteiger partial charge in [0.05, 0.1) is 63.8 Å². The van der Waals surface area contributed by atoms with Gasteiger partial charge in [-0.25, -0.2) is 19.3 Å². The van der Waals surface area contributed by atoms with Crippen molar-refractivity contribution in [2.75, 3.05) is 33.0 Å². The first-order valence-electron chi connectivity index (χ1n) is 26.8. The first-order valence-corrected chi connectivity index (χ1v) is 28.5. The Bertz CT molecular complexity index is 2290. The second-order valence-electron chi connectivity index (χ2n) is 20.3. The summed E-state index contributed by atoms with van der Waals surface area (Å²) in [6, 6.07) is 3.06. The molecule has 1 aromatic rings. The van der Waals surface area contributed by atoms with E-state index in [0.717, 1.165) is 80.1 Å². The molecule has 416 valence electrons. The summed E-state index contributed by atoms with van der Waals surface area (Å²) in [7, 11) is 0. The van der Waals surface area contributed by atoms with Crippen LogP contribution in [0.5, 0.6) is 11.5 Å². The maximum atomic E-state index is 13.8. The number of nitrogens with zero attached hydrogens (tertiary/aromatic N) is 1. The van der Waals surface area contributed by atoms with Crippen LogP contribution in [0.2, 0.25) is 0 Å². The largest absolute Gasteiger partial charge is 0.468 e. The average molecular weight is 1100 g/mol. The Kier molecular flexibility index (Phi) is 24.4. The molecule has 0 radical (unpaired) electrons. The summed E-state index contributed by atoms with van der Waals surface area (Å²) in [6.45, 7) is 20.6. The van der Waals surface area contributed by atoms with Crippen molar-refractivity contribution in [3.8, 4) is 11.5 Å². The average Bonchev–Trinajstić information content (AvgIpc) is 3.88. The lowest BCUT2D eigenvalue weighted by molar-refractivity contribution is -0.249. The normalized spacial score (nSPS) is 24.9. The minimum absolute atomic E-state index is 0.0700. The molecular weight excluding hydrogens is 1020 g/mol. The third kappa shape index (κ3) is 18.0. The fraction of sp³-hybridized carbons (Fsp3) is 0.643. The molecular formula is C56H73NO17S2. The van der Waals surface area contributed by atoms with Crippen LogP contribution >= 0.6 is 23.5 Å². The molecule has 0 saturated heterocycles. The van der Waals surface area contributed by atoms with E-state index in [1.54, 1.807) is 13.8 Å². The number of esters is 6. The molecule has 0 amide bonds. The van der Waals surface area contributed by atoms with E-state index in [-0.39, 0.29) is 58.1 Å². The number of hydrogen-bond acceptors (Lipinski definition) is 19. The summed E-state index contributed by atoms with van der Waals surface area (Å²) in [4.78, 5) is 99.4. The highest BCUT2D eigenvalue weighted by molar-refractivity contribution is 8.24. The molecule has 1 aliphatic heterocycles. The van der Waals surface area contributed by atoms with E-state index in [1.165, 1.54) is 12.1 Å². The zero-order chi connectivity index (χ0) is 54.6. The van der Waals surface area contributed by atoms with E-state index >= 15 is 0 Å². The molecule has 0 spiro atoms. The number of allylic oxidation sites excluding steroid dienone is 1. The topological polar surface area (TPSA) is 227 Å². The van der Waals surface area contributed by atoms with Gasteiger partial charge in [0.2, 0.25) is 5.78 Å². The Morgan fingerprint density at radius 1 is 0.645 bits per heavy atom. The zero-order valence-electron chi connectivity index (χ0n) is 43.8. The number of ether oxygens (including phenoxy) is 8. The maximum Gasteiger partial charge on any atom is 0.375 e. The van der Waals surface area contributed by atoms with E-state index in [4.69, 9.17) is 49.7 Å². The van der Waals surface area contributed by atoms with Gasteiger partial charge in [-0.3, -0.25) is 29.2 Å². The van der Waals surface area contributed by atoms with E-state index in [1.807, 2.05) is 0 Å². The minimum atomic E-state index is -0.843. The smallest absolute Gasteiger partial charge is 0.375 e. The molecule has 1 heterocycles. The number of rotatable bonds is 26. The molecule has 0 atom stereocenters. The fourth-order valence-corrected chi connectivity index (χ4v) is 12.7. The van der Waals surface area contributed by atoms with Crippen LogP contribution in [0.3, 0.4) is 0 Å². The lowest BCUT2D eigenvalue weighted by atomic mass is 9.76. The number of hydrogen-bond donors (Lipinski definition) is 1. The second-order valence-corrected chi connectivity index (χ2v) is 22.6. The second kappa shape index (κ2) is 30.8. The monoisotopic (exact) mass is 1100 g/mol. The van der Waals surface area contributed by atoms with Crippen molar-refractivity contribution < 1.29 is 81.6 Å². The number of ketones is 1. The van der Waals surface area contributed by atoms with Crippen molar-refractivity contribution >= 4 is 65.1 Å². The Morgan fingerprint density at radius 2 is 1.16 bits per heavy atom. The number of benzene rings is 1. The van der Waals surface area contributed by atoms with Gasteiger partial charge >= 0.3 is 35.8 Å². The summed E-state index contributed by atoms with van der Waals surface area (Å²) in [5.41, 5.74) is 0.847. The molecule has 0 unspecified atom stereocenters. The third-order valence-corrected chi connectivity index (χ3v) is 17.2. The molecule has 76 heavy (non-hydrogen) atoms. The summed E-state index contributed by atoms with van der Waals surface area (Å²) < 4.78 is 45.7. The highest BCUT2D eigenvalue weighted by Crippen LogP contribution is 2.59. The molecule has 4 aliphatic carbocycles. The van der Waals surface area contributed by atoms with Crippen molar-refractivity contribution in [1.82, 2.24) is 0 Å². The van der Waals surface area contributed by atoms with Crippen LogP contribution in [-0.2, 0) is 66.9 Å². The van der Waals surface area contributed by atoms with Gasteiger partial charge in [-0.15, -0.1) is 0 Å². The van der Waals surface area contributed by atoms with Gasteiger partial charge in [0.25, 0.3) is 5.70 Å². The lowest BCUT2D eigenvalue weighted by Crippen LogP contribution is -2.35. The van der Waals surface area contributed by atoms with Gasteiger partial charge in [-0.1, -0.05) is 42.3 Å². The molecule has 4 saturated carbocycles. The predicted octanol–water partition coefficient (Wildman–Crippen LogP) is 10.2. The molecule has 18 nitrogen and oxygen atoms in total. The zero-order valence-corrected chi connectivity index (χ0v) is 45.4. The molecule has 5 aliphatic rings. The summed E-state index contributed by atoms with van der Waals surface area (Å²) in [5, 5.41) is 8.40. The molecule has 1 aromatic carbocycles. The van der Waals surface area contributed by atoms with Gasteiger partial charge in [0, 0.05) is 25.2 Å². The lowest BCUT2D eigenvalue weighted by Gasteiger charge is -2.31. The predicted molar refractivity (Wildman–Crippen MR) is 278 cm³/mol. The molecule has 4 fully saturated rings. The number of unbranched alkanes of at least 4 members (excludes halogenated alkanes) is 1. The first kappa shape index (κ1) is 60.2. The maximum absolute atomic E-state index is 13.8. The Hall–Kier alpha value is -5.04.